The number of carboxylic acid groups (broad SMARTS) is 1. The second-order valence-electron chi connectivity index (χ2n) is 4.87. The van der Waals surface area contributed by atoms with Gasteiger partial charge in [-0.05, 0) is 31.5 Å². The van der Waals surface area contributed by atoms with Gasteiger partial charge >= 0.3 is 5.97 Å². The van der Waals surface area contributed by atoms with E-state index in [0.29, 0.717) is 0 Å². The first-order valence-corrected chi connectivity index (χ1v) is 6.61. The lowest BCUT2D eigenvalue weighted by Gasteiger charge is -2.12. The number of ether oxygens (including phenoxy) is 1. The van der Waals surface area contributed by atoms with Gasteiger partial charge in [0.05, 0.1) is 0 Å². The zero-order chi connectivity index (χ0) is 15.4. The van der Waals surface area contributed by atoms with Crippen LogP contribution in [0.1, 0.15) is 24.1 Å². The van der Waals surface area contributed by atoms with E-state index in [0.717, 1.165) is 15.7 Å². The molecule has 0 aliphatic carbocycles. The molecule has 21 heavy (non-hydrogen) atoms. The highest BCUT2D eigenvalue weighted by Crippen LogP contribution is 2.10. The molecule has 0 aliphatic rings. The second-order valence-corrected chi connectivity index (χ2v) is 4.87. The molecular weight excluding hydrogens is 270 g/mol. The summed E-state index contributed by atoms with van der Waals surface area (Å²) in [5.74, 6) is -0.918. The quantitative estimate of drug-likeness (QED) is 0.916. The maximum absolute atomic E-state index is 12.2. The minimum atomic E-state index is -1.06. The standard InChI is InChI=1S/C16H17NO4/c1-11-5-7-13(8-6-11)10-21-14-4-3-9-17(15(14)18)12(2)16(19)20/h3-9,12H,10H2,1-2H3,(H,19,20). The Kier molecular flexibility index (Phi) is 4.42. The van der Waals surface area contributed by atoms with E-state index in [-0.39, 0.29) is 12.4 Å². The van der Waals surface area contributed by atoms with E-state index in [1.54, 1.807) is 12.1 Å². The summed E-state index contributed by atoms with van der Waals surface area (Å²) in [7, 11) is 0. The highest BCUT2D eigenvalue weighted by atomic mass is 16.5. The summed E-state index contributed by atoms with van der Waals surface area (Å²) in [5.41, 5.74) is 1.65. The molecular formula is C16H17NO4. The average molecular weight is 287 g/mol. The lowest BCUT2D eigenvalue weighted by atomic mass is 10.2. The van der Waals surface area contributed by atoms with Crippen molar-refractivity contribution < 1.29 is 14.6 Å². The van der Waals surface area contributed by atoms with Crippen LogP contribution < -0.4 is 10.3 Å². The maximum atomic E-state index is 12.2. The Labute approximate surface area is 122 Å². The smallest absolute Gasteiger partial charge is 0.326 e. The summed E-state index contributed by atoms with van der Waals surface area (Å²) in [6.07, 6.45) is 1.44. The number of carboxylic acids is 1. The fourth-order valence-corrected chi connectivity index (χ4v) is 1.87. The summed E-state index contributed by atoms with van der Waals surface area (Å²) in [6.45, 7) is 3.71. The number of hydrogen-bond acceptors (Lipinski definition) is 3. The van der Waals surface area contributed by atoms with Crippen molar-refractivity contribution in [3.63, 3.8) is 0 Å². The van der Waals surface area contributed by atoms with Gasteiger partial charge in [-0.3, -0.25) is 9.36 Å². The first kappa shape index (κ1) is 14.8. The normalized spacial score (nSPS) is 11.9. The molecule has 2 aromatic rings. The van der Waals surface area contributed by atoms with Gasteiger partial charge in [0.15, 0.2) is 5.75 Å². The Hall–Kier alpha value is -2.56. The number of benzene rings is 1. The molecule has 0 fully saturated rings. The molecule has 1 aromatic carbocycles. The predicted molar refractivity (Wildman–Crippen MR) is 78.6 cm³/mol. The average Bonchev–Trinajstić information content (AvgIpc) is 2.47. The fraction of sp³-hybridized carbons (Fsp3) is 0.250. The molecule has 5 nitrogen and oxygen atoms in total. The van der Waals surface area contributed by atoms with Crippen molar-refractivity contribution >= 4 is 5.97 Å². The molecule has 0 aliphatic heterocycles. The molecule has 0 saturated carbocycles. The summed E-state index contributed by atoms with van der Waals surface area (Å²) in [5, 5.41) is 8.98. The summed E-state index contributed by atoms with van der Waals surface area (Å²) in [4.78, 5) is 23.1. The van der Waals surface area contributed by atoms with Crippen molar-refractivity contribution in [1.82, 2.24) is 4.57 Å². The van der Waals surface area contributed by atoms with Crippen LogP contribution in [0.5, 0.6) is 5.75 Å². The number of aryl methyl sites for hydroxylation is 1. The van der Waals surface area contributed by atoms with Crippen LogP contribution in [0, 0.1) is 6.92 Å². The van der Waals surface area contributed by atoms with Crippen molar-refractivity contribution in [2.24, 2.45) is 0 Å². The monoisotopic (exact) mass is 287 g/mol. The van der Waals surface area contributed by atoms with Gasteiger partial charge in [-0.2, -0.15) is 0 Å². The molecule has 0 bridgehead atoms. The lowest BCUT2D eigenvalue weighted by molar-refractivity contribution is -0.140. The van der Waals surface area contributed by atoms with E-state index >= 15 is 0 Å². The molecule has 110 valence electrons. The van der Waals surface area contributed by atoms with Crippen molar-refractivity contribution in [1.29, 1.82) is 0 Å². The van der Waals surface area contributed by atoms with E-state index in [2.05, 4.69) is 0 Å². The Balaban J connectivity index is 2.17. The molecule has 0 radical (unpaired) electrons. The van der Waals surface area contributed by atoms with Gasteiger partial charge < -0.3 is 9.84 Å². The zero-order valence-electron chi connectivity index (χ0n) is 11.9. The van der Waals surface area contributed by atoms with Gasteiger partial charge in [0.2, 0.25) is 0 Å². The van der Waals surface area contributed by atoms with Crippen LogP contribution in [-0.2, 0) is 11.4 Å². The molecule has 1 unspecified atom stereocenters. The highest BCUT2D eigenvalue weighted by Gasteiger charge is 2.16. The van der Waals surface area contributed by atoms with E-state index in [1.165, 1.54) is 13.1 Å². The molecule has 0 spiro atoms. The molecule has 1 atom stereocenters. The SMILES string of the molecule is Cc1ccc(COc2cccn(C(C)C(=O)O)c2=O)cc1. The van der Waals surface area contributed by atoms with Crippen molar-refractivity contribution in [2.45, 2.75) is 26.5 Å². The number of rotatable bonds is 5. The van der Waals surface area contributed by atoms with Crippen LogP contribution in [0.4, 0.5) is 0 Å². The number of carbonyl (C=O) groups is 1. The lowest BCUT2D eigenvalue weighted by Crippen LogP contribution is -2.28. The molecule has 1 heterocycles. The number of aromatic nitrogens is 1. The Morgan fingerprint density at radius 1 is 1.29 bits per heavy atom. The Morgan fingerprint density at radius 2 is 1.95 bits per heavy atom. The largest absolute Gasteiger partial charge is 0.483 e. The number of aliphatic carboxylic acids is 1. The maximum Gasteiger partial charge on any atom is 0.326 e. The first-order valence-electron chi connectivity index (χ1n) is 6.61. The van der Waals surface area contributed by atoms with E-state index in [1.807, 2.05) is 31.2 Å². The first-order chi connectivity index (χ1) is 9.99. The number of pyridine rings is 1. The van der Waals surface area contributed by atoms with Crippen LogP contribution >= 0.6 is 0 Å². The molecule has 0 saturated heterocycles. The third-order valence-corrected chi connectivity index (χ3v) is 3.23. The van der Waals surface area contributed by atoms with Crippen LogP contribution in [0.25, 0.3) is 0 Å². The van der Waals surface area contributed by atoms with E-state index in [4.69, 9.17) is 9.84 Å². The minimum absolute atomic E-state index is 0.145. The van der Waals surface area contributed by atoms with E-state index in [9.17, 15) is 9.59 Å². The van der Waals surface area contributed by atoms with E-state index < -0.39 is 17.6 Å². The van der Waals surface area contributed by atoms with Gasteiger partial charge in [-0.25, -0.2) is 4.79 Å². The van der Waals surface area contributed by atoms with Gasteiger partial charge in [0.1, 0.15) is 12.6 Å². The van der Waals surface area contributed by atoms with Gasteiger partial charge in [0.25, 0.3) is 5.56 Å². The Bertz CT molecular complexity index is 688. The van der Waals surface area contributed by atoms with Gasteiger partial charge in [0, 0.05) is 6.20 Å². The molecule has 1 N–H and O–H groups in total. The molecule has 2 rings (SSSR count). The summed E-state index contributed by atoms with van der Waals surface area (Å²) < 4.78 is 6.65. The zero-order valence-corrected chi connectivity index (χ0v) is 11.9. The topological polar surface area (TPSA) is 68.5 Å². The Morgan fingerprint density at radius 3 is 2.57 bits per heavy atom. The highest BCUT2D eigenvalue weighted by molar-refractivity contribution is 5.71. The van der Waals surface area contributed by atoms with Crippen LogP contribution in [-0.4, -0.2) is 15.6 Å². The number of hydrogen-bond donors (Lipinski definition) is 1. The van der Waals surface area contributed by atoms with Crippen molar-refractivity contribution in [3.8, 4) is 5.75 Å². The van der Waals surface area contributed by atoms with Crippen molar-refractivity contribution in [2.75, 3.05) is 0 Å². The number of nitrogens with zero attached hydrogens (tertiary/aromatic N) is 1. The molecule has 5 heteroatoms. The van der Waals surface area contributed by atoms with Gasteiger partial charge in [-0.15, -0.1) is 0 Å². The minimum Gasteiger partial charge on any atom is -0.483 e. The molecule has 1 aromatic heterocycles. The third kappa shape index (κ3) is 3.51. The second kappa shape index (κ2) is 6.26. The third-order valence-electron chi connectivity index (χ3n) is 3.23. The van der Waals surface area contributed by atoms with Crippen LogP contribution in [0.2, 0.25) is 0 Å². The van der Waals surface area contributed by atoms with Crippen molar-refractivity contribution in [3.05, 3.63) is 64.1 Å². The summed E-state index contributed by atoms with van der Waals surface area (Å²) >= 11 is 0. The summed E-state index contributed by atoms with van der Waals surface area (Å²) in [6, 6.07) is 10.0. The van der Waals surface area contributed by atoms with Gasteiger partial charge in [-0.1, -0.05) is 29.8 Å². The predicted octanol–water partition coefficient (Wildman–Crippen LogP) is 2.38. The fourth-order valence-electron chi connectivity index (χ4n) is 1.87. The van der Waals surface area contributed by atoms with Crippen LogP contribution in [0.15, 0.2) is 47.4 Å². The molecule has 0 amide bonds. The van der Waals surface area contributed by atoms with Crippen LogP contribution in [0.3, 0.4) is 0 Å².